The van der Waals surface area contributed by atoms with Gasteiger partial charge in [0.1, 0.15) is 11.8 Å². The first kappa shape index (κ1) is 20.5. The van der Waals surface area contributed by atoms with E-state index in [9.17, 15) is 9.59 Å². The highest BCUT2D eigenvalue weighted by molar-refractivity contribution is 5.88. The number of benzene rings is 2. The summed E-state index contributed by atoms with van der Waals surface area (Å²) in [6.07, 6.45) is 0.892. The third-order valence-corrected chi connectivity index (χ3v) is 4.32. The number of carbonyl (C=O) groups excluding carboxylic acids is 2. The van der Waals surface area contributed by atoms with Gasteiger partial charge in [0, 0.05) is 19.5 Å². The molecule has 2 amide bonds. The Morgan fingerprint density at radius 1 is 0.963 bits per heavy atom. The quantitative estimate of drug-likeness (QED) is 0.652. The predicted octanol–water partition coefficient (Wildman–Crippen LogP) is 3.57. The van der Waals surface area contributed by atoms with Crippen LogP contribution in [0.3, 0.4) is 0 Å². The molecule has 2 aromatic carbocycles. The van der Waals surface area contributed by atoms with Gasteiger partial charge in [-0.1, -0.05) is 48.5 Å². The Morgan fingerprint density at radius 3 is 2.15 bits per heavy atom. The summed E-state index contributed by atoms with van der Waals surface area (Å²) < 4.78 is 5.61. The molecule has 0 bridgehead atoms. The Labute approximate surface area is 161 Å². The molecule has 0 spiro atoms. The van der Waals surface area contributed by atoms with Crippen molar-refractivity contribution in [2.24, 2.45) is 0 Å². The van der Waals surface area contributed by atoms with Crippen molar-refractivity contribution in [3.05, 3.63) is 66.2 Å². The van der Waals surface area contributed by atoms with Gasteiger partial charge in [-0.15, -0.1) is 0 Å². The van der Waals surface area contributed by atoms with E-state index in [1.165, 1.54) is 0 Å². The molecule has 1 N–H and O–H groups in total. The molecule has 0 aromatic heterocycles. The second-order valence-electron chi connectivity index (χ2n) is 6.19. The Balaban J connectivity index is 1.91. The van der Waals surface area contributed by atoms with Gasteiger partial charge in [-0.05, 0) is 38.0 Å². The smallest absolute Gasteiger partial charge is 0.249 e. The minimum atomic E-state index is -0.659. The van der Waals surface area contributed by atoms with Gasteiger partial charge in [0.2, 0.25) is 11.8 Å². The molecular weight excluding hydrogens is 340 g/mol. The van der Waals surface area contributed by atoms with Gasteiger partial charge in [0.15, 0.2) is 0 Å². The number of nitrogens with one attached hydrogen (secondary N) is 1. The lowest BCUT2D eigenvalue weighted by Gasteiger charge is -2.26. The van der Waals surface area contributed by atoms with E-state index in [0.717, 1.165) is 11.3 Å². The SMILES string of the molecule is CCN(CC)C(=O)[C@@H](NC(=O)CCCOc1ccccc1)c1ccccc1. The minimum absolute atomic E-state index is 0.0833. The van der Waals surface area contributed by atoms with Crippen molar-refractivity contribution in [2.45, 2.75) is 32.7 Å². The molecular formula is C22H28N2O3. The summed E-state index contributed by atoms with van der Waals surface area (Å²) >= 11 is 0. The molecule has 0 aliphatic heterocycles. The largest absolute Gasteiger partial charge is 0.494 e. The van der Waals surface area contributed by atoms with Crippen LogP contribution in [0, 0.1) is 0 Å². The first-order chi connectivity index (χ1) is 13.2. The number of likely N-dealkylation sites (N-methyl/N-ethyl adjacent to an activating group) is 1. The zero-order valence-electron chi connectivity index (χ0n) is 16.1. The molecule has 0 saturated heterocycles. The van der Waals surface area contributed by atoms with Gasteiger partial charge >= 0.3 is 0 Å². The molecule has 0 radical (unpaired) electrons. The highest BCUT2D eigenvalue weighted by atomic mass is 16.5. The maximum absolute atomic E-state index is 12.8. The van der Waals surface area contributed by atoms with E-state index in [0.29, 0.717) is 32.5 Å². The summed E-state index contributed by atoms with van der Waals surface area (Å²) in [5, 5.41) is 2.90. The summed E-state index contributed by atoms with van der Waals surface area (Å²) in [5.74, 6) is 0.554. The van der Waals surface area contributed by atoms with Crippen LogP contribution in [-0.2, 0) is 9.59 Å². The van der Waals surface area contributed by atoms with Crippen molar-refractivity contribution in [3.63, 3.8) is 0 Å². The van der Waals surface area contributed by atoms with E-state index in [1.807, 2.05) is 74.5 Å². The van der Waals surface area contributed by atoms with Gasteiger partial charge in [-0.2, -0.15) is 0 Å². The highest BCUT2D eigenvalue weighted by Crippen LogP contribution is 2.16. The van der Waals surface area contributed by atoms with Crippen molar-refractivity contribution in [2.75, 3.05) is 19.7 Å². The van der Waals surface area contributed by atoms with E-state index < -0.39 is 6.04 Å². The molecule has 2 rings (SSSR count). The number of hydrogen-bond acceptors (Lipinski definition) is 3. The zero-order chi connectivity index (χ0) is 19.5. The Morgan fingerprint density at radius 2 is 1.56 bits per heavy atom. The van der Waals surface area contributed by atoms with Crippen LogP contribution in [0.25, 0.3) is 0 Å². The van der Waals surface area contributed by atoms with E-state index in [2.05, 4.69) is 5.32 Å². The molecule has 0 heterocycles. The monoisotopic (exact) mass is 368 g/mol. The molecule has 0 unspecified atom stereocenters. The van der Waals surface area contributed by atoms with E-state index >= 15 is 0 Å². The standard InChI is InChI=1S/C22H28N2O3/c1-3-24(4-2)22(26)21(18-12-7-5-8-13-18)23-20(25)16-11-17-27-19-14-9-6-10-15-19/h5-10,12-15,21H,3-4,11,16-17H2,1-2H3,(H,23,25)/t21-/m0/s1. The van der Waals surface area contributed by atoms with E-state index in [-0.39, 0.29) is 11.8 Å². The molecule has 144 valence electrons. The van der Waals surface area contributed by atoms with Crippen LogP contribution in [0.2, 0.25) is 0 Å². The van der Waals surface area contributed by atoms with E-state index in [1.54, 1.807) is 4.90 Å². The number of hydrogen-bond donors (Lipinski definition) is 1. The molecule has 27 heavy (non-hydrogen) atoms. The maximum Gasteiger partial charge on any atom is 0.249 e. The number of carbonyl (C=O) groups is 2. The molecule has 0 fully saturated rings. The lowest BCUT2D eigenvalue weighted by molar-refractivity contribution is -0.136. The van der Waals surface area contributed by atoms with Crippen molar-refractivity contribution < 1.29 is 14.3 Å². The highest BCUT2D eigenvalue weighted by Gasteiger charge is 2.25. The lowest BCUT2D eigenvalue weighted by Crippen LogP contribution is -2.42. The first-order valence-electron chi connectivity index (χ1n) is 9.46. The fraction of sp³-hybridized carbons (Fsp3) is 0.364. The maximum atomic E-state index is 12.8. The van der Waals surface area contributed by atoms with Gasteiger partial charge in [0.05, 0.1) is 6.61 Å². The van der Waals surface area contributed by atoms with Gasteiger partial charge in [0.25, 0.3) is 0 Å². The molecule has 0 aliphatic carbocycles. The molecule has 5 nitrogen and oxygen atoms in total. The molecule has 2 aromatic rings. The minimum Gasteiger partial charge on any atom is -0.494 e. The van der Waals surface area contributed by atoms with Crippen LogP contribution in [0.15, 0.2) is 60.7 Å². The number of para-hydroxylation sites is 1. The molecule has 0 aliphatic rings. The number of ether oxygens (including phenoxy) is 1. The van der Waals surface area contributed by atoms with Crippen molar-refractivity contribution in [1.82, 2.24) is 10.2 Å². The van der Waals surface area contributed by atoms with Crippen LogP contribution in [0.5, 0.6) is 5.75 Å². The van der Waals surface area contributed by atoms with Crippen molar-refractivity contribution in [1.29, 1.82) is 0 Å². The number of nitrogens with zero attached hydrogens (tertiary/aromatic N) is 1. The zero-order valence-corrected chi connectivity index (χ0v) is 16.1. The van der Waals surface area contributed by atoms with E-state index in [4.69, 9.17) is 4.74 Å². The molecule has 5 heteroatoms. The Bertz CT molecular complexity index is 700. The van der Waals surface area contributed by atoms with Crippen molar-refractivity contribution in [3.8, 4) is 5.75 Å². The summed E-state index contributed by atoms with van der Waals surface area (Å²) in [6.45, 7) is 5.55. The summed E-state index contributed by atoms with van der Waals surface area (Å²) in [7, 11) is 0. The van der Waals surface area contributed by atoms with Crippen LogP contribution in [-0.4, -0.2) is 36.4 Å². The normalized spacial score (nSPS) is 11.5. The topological polar surface area (TPSA) is 58.6 Å². The molecule has 0 saturated carbocycles. The average Bonchev–Trinajstić information content (AvgIpc) is 2.71. The van der Waals surface area contributed by atoms with Crippen molar-refractivity contribution >= 4 is 11.8 Å². The predicted molar refractivity (Wildman–Crippen MR) is 106 cm³/mol. The molecule has 1 atom stereocenters. The van der Waals surface area contributed by atoms with Crippen LogP contribution >= 0.6 is 0 Å². The van der Waals surface area contributed by atoms with Crippen LogP contribution in [0.1, 0.15) is 38.3 Å². The van der Waals surface area contributed by atoms with Gasteiger partial charge in [-0.25, -0.2) is 0 Å². The lowest BCUT2D eigenvalue weighted by atomic mass is 10.0. The second kappa shape index (κ2) is 11.0. The third-order valence-electron chi connectivity index (χ3n) is 4.32. The average molecular weight is 368 g/mol. The Kier molecular flexibility index (Phi) is 8.36. The third kappa shape index (κ3) is 6.44. The fourth-order valence-corrected chi connectivity index (χ4v) is 2.82. The number of rotatable bonds is 10. The number of amides is 2. The summed E-state index contributed by atoms with van der Waals surface area (Å²) in [4.78, 5) is 27.0. The van der Waals surface area contributed by atoms with Gasteiger partial charge < -0.3 is 15.0 Å². The van der Waals surface area contributed by atoms with Crippen LogP contribution in [0.4, 0.5) is 0 Å². The summed E-state index contributed by atoms with van der Waals surface area (Å²) in [6, 6.07) is 18.2. The summed E-state index contributed by atoms with van der Waals surface area (Å²) in [5.41, 5.74) is 0.795. The first-order valence-corrected chi connectivity index (χ1v) is 9.46. The van der Waals surface area contributed by atoms with Crippen LogP contribution < -0.4 is 10.1 Å². The second-order valence-corrected chi connectivity index (χ2v) is 6.19. The van der Waals surface area contributed by atoms with Gasteiger partial charge in [-0.3, -0.25) is 9.59 Å². The Hall–Kier alpha value is -2.82. The fourth-order valence-electron chi connectivity index (χ4n) is 2.82.